The number of aromatic nitrogens is 3. The third-order valence-corrected chi connectivity index (χ3v) is 3.26. The zero-order valence-electron chi connectivity index (χ0n) is 11.0. The molecular weight excluding hydrogens is 282 g/mol. The molecule has 0 aliphatic carbocycles. The van der Waals surface area contributed by atoms with Crippen molar-refractivity contribution in [1.82, 2.24) is 19.9 Å². The van der Waals surface area contributed by atoms with Crippen LogP contribution < -0.4 is 5.73 Å². The molecule has 10 heteroatoms. The number of aliphatic carboxylic acids is 1. The molecule has 1 unspecified atom stereocenters. The first-order valence-electron chi connectivity index (χ1n) is 6.29. The summed E-state index contributed by atoms with van der Waals surface area (Å²) in [7, 11) is 0. The highest BCUT2D eigenvalue weighted by molar-refractivity contribution is 5.85. The van der Waals surface area contributed by atoms with Crippen LogP contribution in [0.25, 0.3) is 0 Å². The lowest BCUT2D eigenvalue weighted by molar-refractivity contribution is -0.140. The van der Waals surface area contributed by atoms with Crippen molar-refractivity contribution in [2.24, 2.45) is 5.73 Å². The van der Waals surface area contributed by atoms with Crippen molar-refractivity contribution < 1.29 is 24.6 Å². The van der Waals surface area contributed by atoms with Crippen LogP contribution in [0.2, 0.25) is 0 Å². The highest BCUT2D eigenvalue weighted by Gasteiger charge is 2.35. The number of hydrogen-bond donors (Lipinski definition) is 3. The quantitative estimate of drug-likeness (QED) is 0.576. The first-order chi connectivity index (χ1) is 9.88. The molecule has 0 spiro atoms. The fourth-order valence-electron chi connectivity index (χ4n) is 1.99. The lowest BCUT2D eigenvalue weighted by Gasteiger charge is -2.40. The first-order valence-corrected chi connectivity index (χ1v) is 6.29. The maximum Gasteiger partial charge on any atom is 0.358 e. The van der Waals surface area contributed by atoms with E-state index in [1.165, 1.54) is 15.8 Å². The van der Waals surface area contributed by atoms with Gasteiger partial charge in [0.25, 0.3) is 0 Å². The van der Waals surface area contributed by atoms with E-state index in [1.807, 2.05) is 0 Å². The molecule has 1 aromatic rings. The van der Waals surface area contributed by atoms with E-state index in [1.54, 1.807) is 0 Å². The number of aromatic carboxylic acids is 1. The second-order valence-corrected chi connectivity index (χ2v) is 4.82. The number of carboxylic acids is 2. The summed E-state index contributed by atoms with van der Waals surface area (Å²) in [6.07, 6.45) is 1.23. The van der Waals surface area contributed by atoms with Gasteiger partial charge in [0.2, 0.25) is 5.91 Å². The number of likely N-dealkylation sites (tertiary alicyclic amines) is 1. The van der Waals surface area contributed by atoms with Crippen LogP contribution >= 0.6 is 0 Å². The Labute approximate surface area is 119 Å². The Morgan fingerprint density at radius 1 is 1.38 bits per heavy atom. The molecule has 1 aromatic heterocycles. The summed E-state index contributed by atoms with van der Waals surface area (Å²) in [5.74, 6) is -2.47. The first kappa shape index (κ1) is 14.9. The number of carbonyl (C=O) groups excluding carboxylic acids is 1. The molecule has 21 heavy (non-hydrogen) atoms. The Morgan fingerprint density at radius 2 is 2.05 bits per heavy atom. The van der Waals surface area contributed by atoms with Gasteiger partial charge in [-0.1, -0.05) is 5.21 Å². The molecule has 4 N–H and O–H groups in total. The Morgan fingerprint density at radius 3 is 2.57 bits per heavy atom. The van der Waals surface area contributed by atoms with Gasteiger partial charge in [-0.05, 0) is 6.42 Å². The van der Waals surface area contributed by atoms with Gasteiger partial charge in [-0.2, -0.15) is 0 Å². The van der Waals surface area contributed by atoms with Crippen LogP contribution in [-0.2, 0) is 9.59 Å². The Kier molecular flexibility index (Phi) is 4.17. The van der Waals surface area contributed by atoms with Gasteiger partial charge >= 0.3 is 11.9 Å². The summed E-state index contributed by atoms with van der Waals surface area (Å²) in [6.45, 7) is 0.698. The number of carbonyl (C=O) groups is 3. The number of carboxylic acid groups (broad SMARTS) is 2. The van der Waals surface area contributed by atoms with Crippen molar-refractivity contribution in [3.8, 4) is 0 Å². The Balaban J connectivity index is 1.83. The summed E-state index contributed by atoms with van der Waals surface area (Å²) in [6, 6.07) is -0.978. The maximum absolute atomic E-state index is 11.9. The van der Waals surface area contributed by atoms with E-state index in [-0.39, 0.29) is 30.5 Å². The zero-order valence-corrected chi connectivity index (χ0v) is 11.0. The molecule has 10 nitrogen and oxygen atoms in total. The zero-order chi connectivity index (χ0) is 15.6. The molecule has 0 bridgehead atoms. The monoisotopic (exact) mass is 297 g/mol. The third-order valence-electron chi connectivity index (χ3n) is 3.26. The fourth-order valence-corrected chi connectivity index (χ4v) is 1.99. The second kappa shape index (κ2) is 5.87. The van der Waals surface area contributed by atoms with Gasteiger partial charge in [0.1, 0.15) is 0 Å². The van der Waals surface area contributed by atoms with Crippen molar-refractivity contribution in [3.63, 3.8) is 0 Å². The van der Waals surface area contributed by atoms with Crippen molar-refractivity contribution in [2.75, 3.05) is 13.1 Å². The van der Waals surface area contributed by atoms with Crippen molar-refractivity contribution in [2.45, 2.75) is 24.9 Å². The summed E-state index contributed by atoms with van der Waals surface area (Å²) in [4.78, 5) is 34.5. The molecule has 0 saturated carbocycles. The van der Waals surface area contributed by atoms with Crippen LogP contribution in [0.5, 0.6) is 0 Å². The van der Waals surface area contributed by atoms with E-state index in [9.17, 15) is 14.4 Å². The molecule has 1 atom stereocenters. The van der Waals surface area contributed by atoms with Gasteiger partial charge in [-0.15, -0.1) is 5.10 Å². The molecule has 2 rings (SSSR count). The molecule has 1 fully saturated rings. The van der Waals surface area contributed by atoms with Gasteiger partial charge in [0, 0.05) is 19.5 Å². The Bertz CT molecular complexity index is 565. The van der Waals surface area contributed by atoms with Crippen molar-refractivity contribution >= 4 is 17.8 Å². The minimum atomic E-state index is -1.16. The van der Waals surface area contributed by atoms with Gasteiger partial charge in [0.15, 0.2) is 5.69 Å². The van der Waals surface area contributed by atoms with E-state index in [2.05, 4.69) is 10.3 Å². The van der Waals surface area contributed by atoms with Crippen molar-refractivity contribution in [3.05, 3.63) is 11.9 Å². The maximum atomic E-state index is 11.9. The number of hydrogen-bond acceptors (Lipinski definition) is 6. The summed E-state index contributed by atoms with van der Waals surface area (Å²) >= 11 is 0. The van der Waals surface area contributed by atoms with Gasteiger partial charge in [-0.3, -0.25) is 9.59 Å². The van der Waals surface area contributed by atoms with E-state index in [4.69, 9.17) is 15.9 Å². The average Bonchev–Trinajstić information content (AvgIpc) is 2.83. The van der Waals surface area contributed by atoms with Crippen LogP contribution in [0.4, 0.5) is 0 Å². The smallest absolute Gasteiger partial charge is 0.358 e. The van der Waals surface area contributed by atoms with Crippen LogP contribution in [0, 0.1) is 0 Å². The van der Waals surface area contributed by atoms with Crippen LogP contribution in [0.15, 0.2) is 6.20 Å². The van der Waals surface area contributed by atoms with Crippen LogP contribution in [0.1, 0.15) is 29.4 Å². The highest BCUT2D eigenvalue weighted by Crippen LogP contribution is 2.21. The molecule has 0 radical (unpaired) electrons. The molecule has 0 aromatic carbocycles. The molecule has 1 saturated heterocycles. The molecular formula is C11H15N5O5. The standard InChI is InChI=1S/C11H15N5O5/c12-7(1-2-9(17)18)10(19)15-3-6(4-15)16-5-8(11(20)21)13-14-16/h5-7H,1-4,12H2,(H,17,18)(H,20,21). The number of rotatable bonds is 6. The predicted octanol–water partition coefficient (Wildman–Crippen LogP) is -1.45. The molecule has 1 aliphatic rings. The average molecular weight is 297 g/mol. The Hall–Kier alpha value is -2.49. The molecule has 1 aliphatic heterocycles. The van der Waals surface area contributed by atoms with Gasteiger partial charge in [0.05, 0.1) is 18.3 Å². The molecule has 2 heterocycles. The largest absolute Gasteiger partial charge is 0.481 e. The molecule has 1 amide bonds. The SMILES string of the molecule is NC(CCC(=O)O)C(=O)N1CC(n2cc(C(=O)O)nn2)C1. The topological polar surface area (TPSA) is 152 Å². The van der Waals surface area contributed by atoms with E-state index in [0.717, 1.165) is 0 Å². The van der Waals surface area contributed by atoms with Gasteiger partial charge in [-0.25, -0.2) is 9.48 Å². The number of amides is 1. The lowest BCUT2D eigenvalue weighted by atomic mass is 10.1. The minimum absolute atomic E-state index is 0.0851. The van der Waals surface area contributed by atoms with E-state index >= 15 is 0 Å². The molecule has 114 valence electrons. The summed E-state index contributed by atoms with van der Waals surface area (Å²) in [5, 5.41) is 24.5. The van der Waals surface area contributed by atoms with Crippen LogP contribution in [-0.4, -0.2) is 67.1 Å². The van der Waals surface area contributed by atoms with E-state index < -0.39 is 18.0 Å². The van der Waals surface area contributed by atoms with Crippen LogP contribution in [0.3, 0.4) is 0 Å². The van der Waals surface area contributed by atoms with Gasteiger partial charge < -0.3 is 20.8 Å². The fraction of sp³-hybridized carbons (Fsp3) is 0.545. The lowest BCUT2D eigenvalue weighted by Crippen LogP contribution is -2.55. The summed E-state index contributed by atoms with van der Waals surface area (Å²) in [5.41, 5.74) is 5.48. The highest BCUT2D eigenvalue weighted by atomic mass is 16.4. The third kappa shape index (κ3) is 3.34. The minimum Gasteiger partial charge on any atom is -0.481 e. The number of nitrogens with zero attached hydrogens (tertiary/aromatic N) is 4. The second-order valence-electron chi connectivity index (χ2n) is 4.82. The number of nitrogens with two attached hydrogens (primary N) is 1. The van der Waals surface area contributed by atoms with E-state index in [0.29, 0.717) is 13.1 Å². The normalized spacial score (nSPS) is 16.3. The summed E-state index contributed by atoms with van der Waals surface area (Å²) < 4.78 is 1.40. The predicted molar refractivity (Wildman–Crippen MR) is 67.4 cm³/mol. The van der Waals surface area contributed by atoms with Crippen molar-refractivity contribution in [1.29, 1.82) is 0 Å².